The van der Waals surface area contributed by atoms with Crippen LogP contribution in [0, 0.1) is 5.92 Å². The minimum Gasteiger partial charge on any atom is -0.316 e. The van der Waals surface area contributed by atoms with Crippen LogP contribution in [0.1, 0.15) is 52.9 Å². The summed E-state index contributed by atoms with van der Waals surface area (Å²) in [5.41, 5.74) is 0. The van der Waals surface area contributed by atoms with Crippen molar-refractivity contribution in [2.45, 2.75) is 57.6 Å². The molecule has 0 spiro atoms. The lowest BCUT2D eigenvalue weighted by atomic mass is 10.0. The van der Waals surface area contributed by atoms with Gasteiger partial charge in [0, 0.05) is 6.54 Å². The standard InChI is InChI=1S/C13H27NO2S/c1-13(2,3)17(15,16)11-10-14-9-8-12-6-4-5-7-12/h12,14H,4-11H2,1-3H3. The lowest BCUT2D eigenvalue weighted by molar-refractivity contribution is 0.481. The Morgan fingerprint density at radius 2 is 1.71 bits per heavy atom. The quantitative estimate of drug-likeness (QED) is 0.747. The summed E-state index contributed by atoms with van der Waals surface area (Å²) in [4.78, 5) is 0. The zero-order valence-electron chi connectivity index (χ0n) is 11.5. The number of hydrogen-bond acceptors (Lipinski definition) is 3. The van der Waals surface area contributed by atoms with Crippen LogP contribution in [-0.4, -0.2) is 32.0 Å². The summed E-state index contributed by atoms with van der Waals surface area (Å²) < 4.78 is 23.0. The number of nitrogens with one attached hydrogen (secondary N) is 1. The number of sulfone groups is 1. The van der Waals surface area contributed by atoms with Crippen LogP contribution in [0.2, 0.25) is 0 Å². The van der Waals surface area contributed by atoms with Gasteiger partial charge in [0.05, 0.1) is 10.5 Å². The van der Waals surface area contributed by atoms with Gasteiger partial charge in [-0.2, -0.15) is 0 Å². The van der Waals surface area contributed by atoms with Crippen molar-refractivity contribution in [3.05, 3.63) is 0 Å². The molecule has 0 heterocycles. The highest BCUT2D eigenvalue weighted by molar-refractivity contribution is 7.92. The predicted molar refractivity (Wildman–Crippen MR) is 73.0 cm³/mol. The summed E-state index contributed by atoms with van der Waals surface area (Å²) in [6.07, 6.45) is 6.69. The van der Waals surface area contributed by atoms with Crippen molar-refractivity contribution >= 4 is 9.84 Å². The minimum atomic E-state index is -2.96. The first-order valence-corrected chi connectivity index (χ1v) is 8.41. The molecule has 17 heavy (non-hydrogen) atoms. The van der Waals surface area contributed by atoms with Gasteiger partial charge in [0.15, 0.2) is 9.84 Å². The third kappa shape index (κ3) is 4.96. The van der Waals surface area contributed by atoms with Crippen molar-refractivity contribution < 1.29 is 8.42 Å². The summed E-state index contributed by atoms with van der Waals surface area (Å²) in [7, 11) is -2.96. The van der Waals surface area contributed by atoms with Gasteiger partial charge >= 0.3 is 0 Å². The maximum absolute atomic E-state index is 11.8. The van der Waals surface area contributed by atoms with Gasteiger partial charge in [0.25, 0.3) is 0 Å². The van der Waals surface area contributed by atoms with Gasteiger partial charge in [-0.15, -0.1) is 0 Å². The molecule has 1 N–H and O–H groups in total. The molecule has 0 aromatic carbocycles. The largest absolute Gasteiger partial charge is 0.316 e. The fourth-order valence-corrected chi connectivity index (χ4v) is 3.27. The van der Waals surface area contributed by atoms with Gasteiger partial charge < -0.3 is 5.32 Å². The van der Waals surface area contributed by atoms with Crippen LogP contribution in [0.4, 0.5) is 0 Å². The van der Waals surface area contributed by atoms with E-state index in [0.717, 1.165) is 12.5 Å². The van der Waals surface area contributed by atoms with Crippen molar-refractivity contribution in [1.82, 2.24) is 5.32 Å². The minimum absolute atomic E-state index is 0.251. The maximum Gasteiger partial charge on any atom is 0.156 e. The van der Waals surface area contributed by atoms with Crippen LogP contribution in [0.3, 0.4) is 0 Å². The molecule has 0 aromatic rings. The molecule has 0 unspecified atom stereocenters. The highest BCUT2D eigenvalue weighted by Crippen LogP contribution is 2.26. The molecule has 0 radical (unpaired) electrons. The van der Waals surface area contributed by atoms with Crippen molar-refractivity contribution in [1.29, 1.82) is 0 Å². The van der Waals surface area contributed by atoms with Crippen molar-refractivity contribution in [3.8, 4) is 0 Å². The third-order valence-corrected chi connectivity index (χ3v) is 6.29. The second kappa shape index (κ2) is 6.19. The molecule has 1 saturated carbocycles. The normalized spacial score (nSPS) is 18.8. The monoisotopic (exact) mass is 261 g/mol. The van der Waals surface area contributed by atoms with Gasteiger partial charge in [-0.3, -0.25) is 0 Å². The van der Waals surface area contributed by atoms with Crippen molar-refractivity contribution in [3.63, 3.8) is 0 Å². The Bertz CT molecular complexity index is 311. The Labute approximate surface area is 106 Å². The Balaban J connectivity index is 2.11. The molecule has 3 nitrogen and oxygen atoms in total. The first-order chi connectivity index (χ1) is 7.83. The van der Waals surface area contributed by atoms with E-state index in [1.807, 2.05) is 0 Å². The molecule has 102 valence electrons. The Morgan fingerprint density at radius 1 is 1.12 bits per heavy atom. The van der Waals surface area contributed by atoms with Crippen LogP contribution in [0.25, 0.3) is 0 Å². The Morgan fingerprint density at radius 3 is 2.24 bits per heavy atom. The van der Waals surface area contributed by atoms with Crippen LogP contribution in [-0.2, 0) is 9.84 Å². The van der Waals surface area contributed by atoms with Crippen LogP contribution in [0.5, 0.6) is 0 Å². The van der Waals surface area contributed by atoms with Gasteiger partial charge in [-0.05, 0) is 39.7 Å². The van der Waals surface area contributed by atoms with Gasteiger partial charge in [0.2, 0.25) is 0 Å². The van der Waals surface area contributed by atoms with E-state index in [-0.39, 0.29) is 5.75 Å². The fourth-order valence-electron chi connectivity index (χ4n) is 2.24. The Kier molecular flexibility index (Phi) is 5.45. The molecule has 0 aliphatic heterocycles. The molecule has 1 rings (SSSR count). The lowest BCUT2D eigenvalue weighted by Crippen LogP contribution is -2.35. The summed E-state index contributed by atoms with van der Waals surface area (Å²) in [6, 6.07) is 0. The van der Waals surface area contributed by atoms with E-state index < -0.39 is 14.6 Å². The molecule has 0 bridgehead atoms. The van der Waals surface area contributed by atoms with Crippen LogP contribution in [0.15, 0.2) is 0 Å². The molecular weight excluding hydrogens is 234 g/mol. The second-order valence-electron chi connectivity index (χ2n) is 6.12. The van der Waals surface area contributed by atoms with Gasteiger partial charge in [-0.25, -0.2) is 8.42 Å². The SMILES string of the molecule is CC(C)(C)S(=O)(=O)CCNCCC1CCCC1. The Hall–Kier alpha value is -0.0900. The van der Waals surface area contributed by atoms with E-state index >= 15 is 0 Å². The second-order valence-corrected chi connectivity index (χ2v) is 8.98. The highest BCUT2D eigenvalue weighted by Gasteiger charge is 2.28. The average Bonchev–Trinajstić information content (AvgIpc) is 2.68. The van der Waals surface area contributed by atoms with Crippen molar-refractivity contribution in [2.24, 2.45) is 5.92 Å². The van der Waals surface area contributed by atoms with E-state index in [0.29, 0.717) is 6.54 Å². The lowest BCUT2D eigenvalue weighted by Gasteiger charge is -2.19. The molecule has 0 aromatic heterocycles. The highest BCUT2D eigenvalue weighted by atomic mass is 32.2. The van der Waals surface area contributed by atoms with E-state index in [1.165, 1.54) is 32.1 Å². The summed E-state index contributed by atoms with van der Waals surface area (Å²) in [5.74, 6) is 1.13. The predicted octanol–water partition coefficient (Wildman–Crippen LogP) is 2.37. The fraction of sp³-hybridized carbons (Fsp3) is 1.00. The molecular formula is C13H27NO2S. The van der Waals surface area contributed by atoms with Crippen LogP contribution >= 0.6 is 0 Å². The van der Waals surface area contributed by atoms with Gasteiger partial charge in [-0.1, -0.05) is 25.7 Å². The van der Waals surface area contributed by atoms with Crippen molar-refractivity contribution in [2.75, 3.05) is 18.8 Å². The molecule has 0 saturated heterocycles. The van der Waals surface area contributed by atoms with E-state index in [1.54, 1.807) is 20.8 Å². The van der Waals surface area contributed by atoms with Crippen LogP contribution < -0.4 is 5.32 Å². The molecule has 1 fully saturated rings. The zero-order valence-corrected chi connectivity index (χ0v) is 12.3. The summed E-state index contributed by atoms with van der Waals surface area (Å²) in [6.45, 7) is 6.85. The van der Waals surface area contributed by atoms with E-state index in [9.17, 15) is 8.42 Å². The third-order valence-electron chi connectivity index (χ3n) is 3.68. The molecule has 0 atom stereocenters. The smallest absolute Gasteiger partial charge is 0.156 e. The molecule has 4 heteroatoms. The topological polar surface area (TPSA) is 46.2 Å². The number of rotatable bonds is 6. The average molecular weight is 261 g/mol. The molecule has 0 amide bonds. The van der Waals surface area contributed by atoms with E-state index in [2.05, 4.69) is 5.32 Å². The van der Waals surface area contributed by atoms with Gasteiger partial charge in [0.1, 0.15) is 0 Å². The molecule has 1 aliphatic carbocycles. The first kappa shape index (κ1) is 15.0. The summed E-state index contributed by atoms with van der Waals surface area (Å²) in [5, 5.41) is 3.26. The summed E-state index contributed by atoms with van der Waals surface area (Å²) >= 11 is 0. The first-order valence-electron chi connectivity index (χ1n) is 6.76. The van der Waals surface area contributed by atoms with E-state index in [4.69, 9.17) is 0 Å². The maximum atomic E-state index is 11.8. The molecule has 1 aliphatic rings. The zero-order chi connectivity index (χ0) is 12.9. The number of hydrogen-bond donors (Lipinski definition) is 1.